The number of aromatic nitrogens is 2. The number of imidazole rings is 1. The van der Waals surface area contributed by atoms with E-state index < -0.39 is 0 Å². The Kier molecular flexibility index (Phi) is 5.17. The number of fused-ring (bicyclic) bond motifs is 1. The van der Waals surface area contributed by atoms with Crippen molar-refractivity contribution in [2.75, 3.05) is 12.3 Å². The van der Waals surface area contributed by atoms with Crippen molar-refractivity contribution >= 4 is 40.3 Å². The first kappa shape index (κ1) is 16.7. The van der Waals surface area contributed by atoms with Crippen molar-refractivity contribution in [1.82, 2.24) is 14.5 Å². The lowest BCUT2D eigenvalue weighted by Crippen LogP contribution is -2.44. The summed E-state index contributed by atoms with van der Waals surface area (Å²) in [6, 6.07) is 6.11. The molecule has 2 heterocycles. The van der Waals surface area contributed by atoms with Crippen molar-refractivity contribution in [3.63, 3.8) is 0 Å². The van der Waals surface area contributed by atoms with Crippen LogP contribution in [0, 0.1) is 0 Å². The SMILES string of the molecule is CCC1CCCCN1C(=O)CSc1nc2cc(Cl)ccc2n1C. The number of carbonyl (C=O) groups excluding carboxylic acids is 1. The average molecular weight is 352 g/mol. The Labute approximate surface area is 146 Å². The molecule has 3 rings (SSSR count). The Morgan fingerprint density at radius 2 is 2.26 bits per heavy atom. The van der Waals surface area contributed by atoms with Gasteiger partial charge in [-0.2, -0.15) is 0 Å². The molecule has 124 valence electrons. The number of hydrogen-bond acceptors (Lipinski definition) is 3. The number of likely N-dealkylation sites (tertiary alicyclic amines) is 1. The summed E-state index contributed by atoms with van der Waals surface area (Å²) < 4.78 is 2.02. The van der Waals surface area contributed by atoms with Gasteiger partial charge in [0.15, 0.2) is 5.16 Å². The fourth-order valence-electron chi connectivity index (χ4n) is 3.24. The Morgan fingerprint density at radius 3 is 3.04 bits per heavy atom. The van der Waals surface area contributed by atoms with E-state index in [0.29, 0.717) is 16.8 Å². The minimum Gasteiger partial charge on any atom is -0.339 e. The fourth-order valence-corrected chi connectivity index (χ4v) is 4.28. The second-order valence-electron chi connectivity index (χ2n) is 6.02. The van der Waals surface area contributed by atoms with Gasteiger partial charge in [0.1, 0.15) is 0 Å². The third kappa shape index (κ3) is 3.50. The second-order valence-corrected chi connectivity index (χ2v) is 7.40. The number of piperidine rings is 1. The van der Waals surface area contributed by atoms with Gasteiger partial charge in [0.2, 0.25) is 5.91 Å². The minimum absolute atomic E-state index is 0.228. The average Bonchev–Trinajstić information content (AvgIpc) is 2.87. The lowest BCUT2D eigenvalue weighted by Gasteiger charge is -2.35. The normalized spacial score (nSPS) is 18.6. The molecule has 23 heavy (non-hydrogen) atoms. The first-order valence-electron chi connectivity index (χ1n) is 8.14. The standard InChI is InChI=1S/C17H22ClN3OS/c1-3-13-6-4-5-9-21(13)16(22)11-23-17-19-14-10-12(18)7-8-15(14)20(17)2/h7-8,10,13H,3-6,9,11H2,1-2H3. The third-order valence-corrected chi connectivity index (χ3v) is 5.80. The van der Waals surface area contributed by atoms with Gasteiger partial charge < -0.3 is 9.47 Å². The van der Waals surface area contributed by atoms with Crippen molar-refractivity contribution in [1.29, 1.82) is 0 Å². The highest BCUT2D eigenvalue weighted by Gasteiger charge is 2.25. The van der Waals surface area contributed by atoms with Crippen LogP contribution in [-0.4, -0.2) is 38.7 Å². The highest BCUT2D eigenvalue weighted by molar-refractivity contribution is 7.99. The van der Waals surface area contributed by atoms with E-state index in [1.54, 1.807) is 0 Å². The highest BCUT2D eigenvalue weighted by atomic mass is 35.5. The molecule has 1 saturated heterocycles. The summed E-state index contributed by atoms with van der Waals surface area (Å²) in [6.07, 6.45) is 4.54. The van der Waals surface area contributed by atoms with E-state index in [4.69, 9.17) is 11.6 Å². The molecule has 0 N–H and O–H groups in total. The smallest absolute Gasteiger partial charge is 0.233 e. The maximum Gasteiger partial charge on any atom is 0.233 e. The molecule has 0 bridgehead atoms. The summed E-state index contributed by atoms with van der Waals surface area (Å²) >= 11 is 7.53. The monoisotopic (exact) mass is 351 g/mol. The van der Waals surface area contributed by atoms with Crippen LogP contribution in [0.25, 0.3) is 11.0 Å². The van der Waals surface area contributed by atoms with Crippen LogP contribution in [0.3, 0.4) is 0 Å². The molecule has 0 aliphatic carbocycles. The largest absolute Gasteiger partial charge is 0.339 e. The Balaban J connectivity index is 1.70. The van der Waals surface area contributed by atoms with Gasteiger partial charge in [-0.05, 0) is 43.9 Å². The summed E-state index contributed by atoms with van der Waals surface area (Å²) in [4.78, 5) is 19.2. The molecule has 1 fully saturated rings. The van der Waals surface area contributed by atoms with E-state index >= 15 is 0 Å². The predicted molar refractivity (Wildman–Crippen MR) is 96.1 cm³/mol. The molecule has 0 radical (unpaired) electrons. The molecule has 1 aromatic heterocycles. The van der Waals surface area contributed by atoms with Crippen molar-refractivity contribution in [2.24, 2.45) is 7.05 Å². The summed E-state index contributed by atoms with van der Waals surface area (Å²) in [6.45, 7) is 3.06. The van der Waals surface area contributed by atoms with Crippen LogP contribution in [0.15, 0.2) is 23.4 Å². The van der Waals surface area contributed by atoms with E-state index in [1.807, 2.05) is 29.8 Å². The van der Waals surface area contributed by atoms with Crippen LogP contribution in [0.1, 0.15) is 32.6 Å². The van der Waals surface area contributed by atoms with E-state index in [1.165, 1.54) is 18.2 Å². The van der Waals surface area contributed by atoms with Crippen LogP contribution < -0.4 is 0 Å². The van der Waals surface area contributed by atoms with Crippen LogP contribution in [0.4, 0.5) is 0 Å². The molecule has 1 aromatic carbocycles. The summed E-state index contributed by atoms with van der Waals surface area (Å²) in [5.74, 6) is 0.674. The molecule has 1 aliphatic rings. The topological polar surface area (TPSA) is 38.1 Å². The first-order valence-corrected chi connectivity index (χ1v) is 9.50. The number of aryl methyl sites for hydroxylation is 1. The predicted octanol–water partition coefficient (Wildman–Crippen LogP) is 4.11. The van der Waals surface area contributed by atoms with E-state index in [0.717, 1.165) is 42.0 Å². The zero-order valence-corrected chi connectivity index (χ0v) is 15.2. The van der Waals surface area contributed by atoms with Gasteiger partial charge in [0, 0.05) is 24.7 Å². The van der Waals surface area contributed by atoms with Crippen molar-refractivity contribution in [3.8, 4) is 0 Å². The Bertz CT molecular complexity index is 715. The van der Waals surface area contributed by atoms with Gasteiger partial charge in [-0.1, -0.05) is 30.3 Å². The lowest BCUT2D eigenvalue weighted by molar-refractivity contribution is -0.132. The number of thioether (sulfide) groups is 1. The maximum absolute atomic E-state index is 12.6. The van der Waals surface area contributed by atoms with E-state index in [9.17, 15) is 4.79 Å². The molecule has 4 nitrogen and oxygen atoms in total. The molecular weight excluding hydrogens is 330 g/mol. The lowest BCUT2D eigenvalue weighted by atomic mass is 10.0. The Morgan fingerprint density at radius 1 is 1.43 bits per heavy atom. The molecule has 1 amide bonds. The zero-order chi connectivity index (χ0) is 16.4. The van der Waals surface area contributed by atoms with Gasteiger partial charge in [-0.3, -0.25) is 4.79 Å². The number of amides is 1. The molecule has 1 aliphatic heterocycles. The number of carbonyl (C=O) groups is 1. The van der Waals surface area contributed by atoms with Crippen LogP contribution in [0.5, 0.6) is 0 Å². The summed E-state index contributed by atoms with van der Waals surface area (Å²) in [7, 11) is 1.98. The minimum atomic E-state index is 0.228. The summed E-state index contributed by atoms with van der Waals surface area (Å²) in [5.41, 5.74) is 1.91. The summed E-state index contributed by atoms with van der Waals surface area (Å²) in [5, 5.41) is 1.54. The van der Waals surface area contributed by atoms with E-state index in [-0.39, 0.29) is 5.91 Å². The van der Waals surface area contributed by atoms with Crippen molar-refractivity contribution < 1.29 is 4.79 Å². The number of rotatable bonds is 4. The first-order chi connectivity index (χ1) is 11.1. The van der Waals surface area contributed by atoms with Gasteiger partial charge in [-0.15, -0.1) is 0 Å². The number of hydrogen-bond donors (Lipinski definition) is 0. The fraction of sp³-hybridized carbons (Fsp3) is 0.529. The highest BCUT2D eigenvalue weighted by Crippen LogP contribution is 2.26. The number of benzene rings is 1. The van der Waals surface area contributed by atoms with Gasteiger partial charge >= 0.3 is 0 Å². The number of halogens is 1. The molecule has 1 unspecified atom stereocenters. The van der Waals surface area contributed by atoms with Gasteiger partial charge in [0.25, 0.3) is 0 Å². The van der Waals surface area contributed by atoms with E-state index in [2.05, 4.69) is 16.8 Å². The second kappa shape index (κ2) is 7.14. The van der Waals surface area contributed by atoms with Crippen molar-refractivity contribution in [2.45, 2.75) is 43.8 Å². The van der Waals surface area contributed by atoms with Gasteiger partial charge in [0.05, 0.1) is 16.8 Å². The molecule has 0 saturated carbocycles. The molecule has 2 aromatic rings. The molecule has 0 spiro atoms. The molecular formula is C17H22ClN3OS. The molecule has 1 atom stereocenters. The van der Waals surface area contributed by atoms with Gasteiger partial charge in [-0.25, -0.2) is 4.98 Å². The van der Waals surface area contributed by atoms with Crippen LogP contribution >= 0.6 is 23.4 Å². The van der Waals surface area contributed by atoms with Crippen LogP contribution in [-0.2, 0) is 11.8 Å². The van der Waals surface area contributed by atoms with Crippen molar-refractivity contribution in [3.05, 3.63) is 23.2 Å². The third-order valence-electron chi connectivity index (χ3n) is 4.55. The maximum atomic E-state index is 12.6. The quantitative estimate of drug-likeness (QED) is 0.778. The molecule has 6 heteroatoms. The van der Waals surface area contributed by atoms with Crippen LogP contribution in [0.2, 0.25) is 5.02 Å². The Hall–Kier alpha value is -1.20. The number of nitrogens with zero attached hydrogens (tertiary/aromatic N) is 3. The zero-order valence-electron chi connectivity index (χ0n) is 13.6.